The molecule has 7 nitrogen and oxygen atoms in total. The smallest absolute Gasteiger partial charge is 0.234 e. The summed E-state index contributed by atoms with van der Waals surface area (Å²) in [6, 6.07) is 26.6. The lowest BCUT2D eigenvalue weighted by atomic mass is 10.3. The molecule has 33 heavy (non-hydrogen) atoms. The summed E-state index contributed by atoms with van der Waals surface area (Å²) in [5, 5.41) is 12.2. The number of aromatic nitrogens is 3. The molecule has 8 heteroatoms. The lowest BCUT2D eigenvalue weighted by Gasteiger charge is -2.11. The van der Waals surface area contributed by atoms with Crippen molar-refractivity contribution in [2.24, 2.45) is 0 Å². The second-order valence-electron chi connectivity index (χ2n) is 6.97. The minimum Gasteiger partial charge on any atom is -0.494 e. The van der Waals surface area contributed by atoms with Crippen LogP contribution in [0.5, 0.6) is 11.5 Å². The Balaban J connectivity index is 1.44. The maximum Gasteiger partial charge on any atom is 0.234 e. The van der Waals surface area contributed by atoms with Gasteiger partial charge < -0.3 is 14.8 Å². The highest BCUT2D eigenvalue weighted by molar-refractivity contribution is 7.99. The van der Waals surface area contributed by atoms with E-state index in [1.807, 2.05) is 96.4 Å². The monoisotopic (exact) mass is 460 g/mol. The number of hydrogen-bond donors (Lipinski definition) is 1. The highest BCUT2D eigenvalue weighted by Gasteiger charge is 2.16. The Labute approximate surface area is 196 Å². The van der Waals surface area contributed by atoms with Crippen LogP contribution in [0.1, 0.15) is 12.7 Å². The molecule has 0 unspecified atom stereocenters. The van der Waals surface area contributed by atoms with Crippen LogP contribution in [0.4, 0.5) is 5.69 Å². The second-order valence-corrected chi connectivity index (χ2v) is 7.91. The SMILES string of the molecule is CCOc1ccc(NC(=O)CSc2nnc(COc3ccccc3)n2-c2ccccc2)cc1. The van der Waals surface area contributed by atoms with Crippen LogP contribution < -0.4 is 14.8 Å². The van der Waals surface area contributed by atoms with Gasteiger partial charge in [-0.05, 0) is 55.5 Å². The number of carbonyl (C=O) groups excluding carboxylic acids is 1. The largest absolute Gasteiger partial charge is 0.494 e. The van der Waals surface area contributed by atoms with Crippen LogP contribution >= 0.6 is 11.8 Å². The molecule has 1 amide bonds. The van der Waals surface area contributed by atoms with Crippen molar-refractivity contribution in [2.45, 2.75) is 18.7 Å². The van der Waals surface area contributed by atoms with E-state index in [0.29, 0.717) is 23.3 Å². The average Bonchev–Trinajstić information content (AvgIpc) is 3.27. The van der Waals surface area contributed by atoms with Gasteiger partial charge in [0.25, 0.3) is 0 Å². The minimum atomic E-state index is -0.131. The van der Waals surface area contributed by atoms with Gasteiger partial charge >= 0.3 is 0 Å². The second kappa shape index (κ2) is 11.2. The van der Waals surface area contributed by atoms with E-state index in [2.05, 4.69) is 15.5 Å². The fraction of sp³-hybridized carbons (Fsp3) is 0.160. The number of nitrogens with one attached hydrogen (secondary N) is 1. The van der Waals surface area contributed by atoms with E-state index in [0.717, 1.165) is 17.2 Å². The lowest BCUT2D eigenvalue weighted by Crippen LogP contribution is -2.14. The molecule has 0 spiro atoms. The van der Waals surface area contributed by atoms with Crippen molar-refractivity contribution in [1.29, 1.82) is 0 Å². The number of carbonyl (C=O) groups is 1. The van der Waals surface area contributed by atoms with Crippen LogP contribution in [-0.2, 0) is 11.4 Å². The molecule has 0 saturated heterocycles. The molecule has 168 valence electrons. The van der Waals surface area contributed by atoms with E-state index in [1.54, 1.807) is 0 Å². The van der Waals surface area contributed by atoms with Gasteiger partial charge in [0.2, 0.25) is 5.91 Å². The fourth-order valence-electron chi connectivity index (χ4n) is 3.12. The molecule has 4 aromatic rings. The Morgan fingerprint density at radius 2 is 1.55 bits per heavy atom. The summed E-state index contributed by atoms with van der Waals surface area (Å²) in [4.78, 5) is 12.5. The number of thioether (sulfide) groups is 1. The van der Waals surface area contributed by atoms with Crippen molar-refractivity contribution < 1.29 is 14.3 Å². The zero-order chi connectivity index (χ0) is 22.9. The van der Waals surface area contributed by atoms with Crippen molar-refractivity contribution in [1.82, 2.24) is 14.8 Å². The summed E-state index contributed by atoms with van der Waals surface area (Å²) in [5.41, 5.74) is 1.62. The normalized spacial score (nSPS) is 10.6. The maximum absolute atomic E-state index is 12.5. The predicted octanol–water partition coefficient (Wildman–Crippen LogP) is 4.98. The van der Waals surface area contributed by atoms with Gasteiger partial charge in [0.05, 0.1) is 12.4 Å². The van der Waals surface area contributed by atoms with E-state index in [9.17, 15) is 4.79 Å². The van der Waals surface area contributed by atoms with Gasteiger partial charge in [-0.2, -0.15) is 0 Å². The third-order valence-corrected chi connectivity index (χ3v) is 5.54. The number of ether oxygens (including phenoxy) is 2. The number of hydrogen-bond acceptors (Lipinski definition) is 6. The van der Waals surface area contributed by atoms with Crippen LogP contribution in [-0.4, -0.2) is 33.0 Å². The van der Waals surface area contributed by atoms with Crippen molar-refractivity contribution >= 4 is 23.4 Å². The van der Waals surface area contributed by atoms with Crippen molar-refractivity contribution in [3.63, 3.8) is 0 Å². The summed E-state index contributed by atoms with van der Waals surface area (Å²) in [6.45, 7) is 2.79. The van der Waals surface area contributed by atoms with Gasteiger partial charge in [-0.15, -0.1) is 10.2 Å². The molecule has 0 aliphatic heterocycles. The van der Waals surface area contributed by atoms with Crippen LogP contribution in [0.15, 0.2) is 90.1 Å². The summed E-state index contributed by atoms with van der Waals surface area (Å²) >= 11 is 1.32. The Kier molecular flexibility index (Phi) is 7.60. The number of rotatable bonds is 10. The van der Waals surface area contributed by atoms with Gasteiger partial charge in [-0.1, -0.05) is 48.2 Å². The molecule has 1 heterocycles. The van der Waals surface area contributed by atoms with E-state index >= 15 is 0 Å². The summed E-state index contributed by atoms with van der Waals surface area (Å²) < 4.78 is 13.2. The van der Waals surface area contributed by atoms with Gasteiger partial charge in [0.1, 0.15) is 18.1 Å². The van der Waals surface area contributed by atoms with Crippen molar-refractivity contribution in [3.05, 3.63) is 90.8 Å². The number of anilines is 1. The van der Waals surface area contributed by atoms with Gasteiger partial charge in [-0.3, -0.25) is 9.36 Å². The number of para-hydroxylation sites is 2. The van der Waals surface area contributed by atoms with Crippen molar-refractivity contribution in [3.8, 4) is 17.2 Å². The number of benzene rings is 3. The molecule has 4 rings (SSSR count). The maximum atomic E-state index is 12.5. The third kappa shape index (κ3) is 6.14. The van der Waals surface area contributed by atoms with Crippen LogP contribution in [0.2, 0.25) is 0 Å². The zero-order valence-electron chi connectivity index (χ0n) is 18.2. The van der Waals surface area contributed by atoms with E-state index in [1.165, 1.54) is 11.8 Å². The van der Waals surface area contributed by atoms with Crippen LogP contribution in [0, 0.1) is 0 Å². The molecular formula is C25H24N4O3S. The zero-order valence-corrected chi connectivity index (χ0v) is 19.0. The van der Waals surface area contributed by atoms with Crippen LogP contribution in [0.3, 0.4) is 0 Å². The molecule has 1 N–H and O–H groups in total. The highest BCUT2D eigenvalue weighted by atomic mass is 32.2. The fourth-order valence-corrected chi connectivity index (χ4v) is 3.89. The molecule has 0 saturated carbocycles. The van der Waals surface area contributed by atoms with E-state index in [4.69, 9.17) is 9.47 Å². The van der Waals surface area contributed by atoms with E-state index in [-0.39, 0.29) is 18.3 Å². The van der Waals surface area contributed by atoms with Gasteiger partial charge in [0, 0.05) is 11.4 Å². The third-order valence-electron chi connectivity index (χ3n) is 4.61. The first kappa shape index (κ1) is 22.4. The Morgan fingerprint density at radius 1 is 0.879 bits per heavy atom. The first-order chi connectivity index (χ1) is 16.2. The molecule has 0 bridgehead atoms. The quantitative estimate of drug-likeness (QED) is 0.337. The van der Waals surface area contributed by atoms with Crippen LogP contribution in [0.25, 0.3) is 5.69 Å². The molecular weight excluding hydrogens is 436 g/mol. The minimum absolute atomic E-state index is 0.131. The first-order valence-electron chi connectivity index (χ1n) is 10.6. The van der Waals surface area contributed by atoms with Crippen molar-refractivity contribution in [2.75, 3.05) is 17.7 Å². The topological polar surface area (TPSA) is 78.3 Å². The van der Waals surface area contributed by atoms with Gasteiger partial charge in [0.15, 0.2) is 11.0 Å². The Morgan fingerprint density at radius 3 is 2.24 bits per heavy atom. The molecule has 1 aromatic heterocycles. The summed E-state index contributed by atoms with van der Waals surface area (Å²) in [7, 11) is 0. The van der Waals surface area contributed by atoms with E-state index < -0.39 is 0 Å². The average molecular weight is 461 g/mol. The molecule has 0 aliphatic carbocycles. The predicted molar refractivity (Wildman–Crippen MR) is 129 cm³/mol. The molecule has 0 radical (unpaired) electrons. The summed E-state index contributed by atoms with van der Waals surface area (Å²) in [5.74, 6) is 2.24. The Bertz CT molecular complexity index is 1170. The standard InChI is InChI=1S/C25H24N4O3S/c1-2-31-22-15-13-19(14-16-22)26-24(30)18-33-25-28-27-23(17-32-21-11-7-4-8-12-21)29(25)20-9-5-3-6-10-20/h3-16H,2,17-18H2,1H3,(H,26,30). The molecule has 0 fully saturated rings. The number of nitrogens with zero attached hydrogens (tertiary/aromatic N) is 3. The first-order valence-corrected chi connectivity index (χ1v) is 11.5. The molecule has 3 aromatic carbocycles. The van der Waals surface area contributed by atoms with Gasteiger partial charge in [-0.25, -0.2) is 0 Å². The summed E-state index contributed by atoms with van der Waals surface area (Å²) in [6.07, 6.45) is 0. The number of amides is 1. The Hall–Kier alpha value is -3.78. The highest BCUT2D eigenvalue weighted by Crippen LogP contribution is 2.24. The molecule has 0 aliphatic rings. The molecule has 0 atom stereocenters. The lowest BCUT2D eigenvalue weighted by molar-refractivity contribution is -0.113.